The molecule has 1 fully saturated rings. The first-order chi connectivity index (χ1) is 8.72. The average molecular weight is 314 g/mol. The molecule has 0 aromatic carbocycles. The summed E-state index contributed by atoms with van der Waals surface area (Å²) in [6.07, 6.45) is 6.75. The summed E-state index contributed by atoms with van der Waals surface area (Å²) in [7, 11) is 0. The van der Waals surface area contributed by atoms with Crippen LogP contribution in [0.1, 0.15) is 44.7 Å². The molecule has 1 aliphatic heterocycles. The molecule has 18 heavy (non-hydrogen) atoms. The molecule has 5 heteroatoms. The van der Waals surface area contributed by atoms with Gasteiger partial charge in [0.15, 0.2) is 0 Å². The van der Waals surface area contributed by atoms with Crippen LogP contribution in [-0.4, -0.2) is 23.1 Å². The molecule has 0 saturated carbocycles. The van der Waals surface area contributed by atoms with Crippen LogP contribution in [0.25, 0.3) is 0 Å². The first-order valence-electron chi connectivity index (χ1n) is 6.76. The molecule has 0 atom stereocenters. The summed E-state index contributed by atoms with van der Waals surface area (Å²) in [5.41, 5.74) is 0.813. The smallest absolute Gasteiger partial charge is 0.266 e. The minimum absolute atomic E-state index is 0.0623. The largest absolute Gasteiger partial charge is 0.342 e. The second-order valence-corrected chi connectivity index (χ2v) is 5.59. The van der Waals surface area contributed by atoms with Crippen LogP contribution < -0.4 is 10.5 Å². The van der Waals surface area contributed by atoms with Gasteiger partial charge < -0.3 is 4.90 Å². The summed E-state index contributed by atoms with van der Waals surface area (Å²) in [5, 5.41) is 0. The summed E-state index contributed by atoms with van der Waals surface area (Å²) in [4.78, 5) is 21.6. The van der Waals surface area contributed by atoms with E-state index in [0.717, 1.165) is 37.6 Å². The van der Waals surface area contributed by atoms with Crippen molar-refractivity contribution in [2.75, 3.05) is 18.0 Å². The third-order valence-corrected chi connectivity index (χ3v) is 4.13. The molecule has 1 aromatic rings. The molecule has 0 unspecified atom stereocenters. The first kappa shape index (κ1) is 13.6. The minimum Gasteiger partial charge on any atom is -0.342 e. The fourth-order valence-corrected chi connectivity index (χ4v) is 2.71. The quantitative estimate of drug-likeness (QED) is 0.933. The van der Waals surface area contributed by atoms with Gasteiger partial charge in [-0.3, -0.25) is 9.78 Å². The molecule has 4 nitrogen and oxygen atoms in total. The van der Waals surface area contributed by atoms with E-state index in [4.69, 9.17) is 0 Å². The third-order valence-electron chi connectivity index (χ3n) is 3.31. The van der Waals surface area contributed by atoms with E-state index in [1.54, 1.807) is 0 Å². The average Bonchev–Trinajstić information content (AvgIpc) is 2.63. The van der Waals surface area contributed by atoms with Crippen molar-refractivity contribution in [2.45, 2.75) is 45.4 Å². The Morgan fingerprint density at radius 2 is 1.94 bits per heavy atom. The Kier molecular flexibility index (Phi) is 4.80. The van der Waals surface area contributed by atoms with Crippen molar-refractivity contribution < 1.29 is 0 Å². The lowest BCUT2D eigenvalue weighted by atomic mass is 10.2. The molecule has 0 amide bonds. The zero-order chi connectivity index (χ0) is 13.0. The molecular weight excluding hydrogens is 294 g/mol. The summed E-state index contributed by atoms with van der Waals surface area (Å²) in [6, 6.07) is 0. The fourth-order valence-electron chi connectivity index (χ4n) is 2.33. The molecular formula is C13H20BrN3O. The van der Waals surface area contributed by atoms with Gasteiger partial charge in [0, 0.05) is 13.1 Å². The van der Waals surface area contributed by atoms with Gasteiger partial charge in [-0.15, -0.1) is 0 Å². The number of hydrogen-bond acceptors (Lipinski definition) is 3. The molecule has 2 heterocycles. The van der Waals surface area contributed by atoms with Crippen molar-refractivity contribution >= 4 is 21.9 Å². The van der Waals surface area contributed by atoms with E-state index < -0.39 is 0 Å². The molecule has 1 N–H and O–H groups in total. The van der Waals surface area contributed by atoms with E-state index in [0.29, 0.717) is 4.47 Å². The van der Waals surface area contributed by atoms with E-state index in [9.17, 15) is 4.79 Å². The van der Waals surface area contributed by atoms with Gasteiger partial charge in [0.05, 0.1) is 5.69 Å². The number of aromatic amines is 1. The van der Waals surface area contributed by atoms with Gasteiger partial charge in [0.1, 0.15) is 4.47 Å². The standard InChI is InChI=1S/C13H20BrN3O/c1-2-7-10-11(14)12(18)16-13(15-10)17-8-5-3-4-6-9-17/h2-9H2,1H3,(H,15,16,18). The van der Waals surface area contributed by atoms with Gasteiger partial charge in [-0.05, 0) is 35.2 Å². The second-order valence-electron chi connectivity index (χ2n) is 4.80. The van der Waals surface area contributed by atoms with Crippen LogP contribution in [0.3, 0.4) is 0 Å². The summed E-state index contributed by atoms with van der Waals surface area (Å²) < 4.78 is 0.586. The van der Waals surface area contributed by atoms with Gasteiger partial charge in [0.2, 0.25) is 5.95 Å². The number of anilines is 1. The van der Waals surface area contributed by atoms with Crippen LogP contribution in [0.4, 0.5) is 5.95 Å². The maximum absolute atomic E-state index is 11.9. The van der Waals surface area contributed by atoms with E-state index in [2.05, 4.69) is 37.7 Å². The summed E-state index contributed by atoms with van der Waals surface area (Å²) in [5.74, 6) is 0.744. The molecule has 2 rings (SSSR count). The Labute approximate surface area is 116 Å². The SMILES string of the molecule is CCCc1nc(N2CCCCCC2)[nH]c(=O)c1Br. The van der Waals surface area contributed by atoms with Gasteiger partial charge in [-0.1, -0.05) is 26.2 Å². The number of rotatable bonds is 3. The molecule has 1 aromatic heterocycles. The van der Waals surface area contributed by atoms with Crippen molar-refractivity contribution in [3.63, 3.8) is 0 Å². The molecule has 1 saturated heterocycles. The van der Waals surface area contributed by atoms with E-state index in [1.165, 1.54) is 25.7 Å². The monoisotopic (exact) mass is 313 g/mol. The van der Waals surface area contributed by atoms with Crippen LogP contribution in [0.2, 0.25) is 0 Å². The predicted molar refractivity (Wildman–Crippen MR) is 77.2 cm³/mol. The highest BCUT2D eigenvalue weighted by molar-refractivity contribution is 9.10. The number of hydrogen-bond donors (Lipinski definition) is 1. The topological polar surface area (TPSA) is 49.0 Å². The minimum atomic E-state index is -0.0623. The molecule has 0 radical (unpaired) electrons. The van der Waals surface area contributed by atoms with Crippen LogP contribution in [0.5, 0.6) is 0 Å². The Bertz CT molecular complexity index is 450. The first-order valence-corrected chi connectivity index (χ1v) is 7.55. The zero-order valence-electron chi connectivity index (χ0n) is 10.8. The fraction of sp³-hybridized carbons (Fsp3) is 0.692. The summed E-state index contributed by atoms with van der Waals surface area (Å²) in [6.45, 7) is 4.09. The van der Waals surface area contributed by atoms with Gasteiger partial charge >= 0.3 is 0 Å². The van der Waals surface area contributed by atoms with Crippen LogP contribution >= 0.6 is 15.9 Å². The van der Waals surface area contributed by atoms with Crippen LogP contribution in [0, 0.1) is 0 Å². The third kappa shape index (κ3) is 3.13. The Balaban J connectivity index is 2.29. The number of aryl methyl sites for hydroxylation is 1. The van der Waals surface area contributed by atoms with Gasteiger partial charge in [-0.25, -0.2) is 4.98 Å². The zero-order valence-corrected chi connectivity index (χ0v) is 12.4. The Hall–Kier alpha value is -0.840. The number of nitrogens with one attached hydrogen (secondary N) is 1. The Morgan fingerprint density at radius 1 is 1.28 bits per heavy atom. The van der Waals surface area contributed by atoms with Crippen molar-refractivity contribution in [2.24, 2.45) is 0 Å². The van der Waals surface area contributed by atoms with Crippen molar-refractivity contribution in [1.29, 1.82) is 0 Å². The maximum atomic E-state index is 11.9. The maximum Gasteiger partial charge on any atom is 0.266 e. The van der Waals surface area contributed by atoms with Gasteiger partial charge in [-0.2, -0.15) is 0 Å². The van der Waals surface area contributed by atoms with Crippen LogP contribution in [-0.2, 0) is 6.42 Å². The number of nitrogens with zero attached hydrogens (tertiary/aromatic N) is 2. The van der Waals surface area contributed by atoms with E-state index >= 15 is 0 Å². The van der Waals surface area contributed by atoms with Crippen molar-refractivity contribution in [3.05, 3.63) is 20.5 Å². The van der Waals surface area contributed by atoms with Crippen molar-refractivity contribution in [1.82, 2.24) is 9.97 Å². The van der Waals surface area contributed by atoms with Crippen molar-refractivity contribution in [3.8, 4) is 0 Å². The number of H-pyrrole nitrogens is 1. The molecule has 1 aliphatic rings. The molecule has 0 spiro atoms. The lowest BCUT2D eigenvalue weighted by molar-refractivity contribution is 0.726. The highest BCUT2D eigenvalue weighted by atomic mass is 79.9. The van der Waals surface area contributed by atoms with Gasteiger partial charge in [0.25, 0.3) is 5.56 Å². The second kappa shape index (κ2) is 6.36. The molecule has 0 bridgehead atoms. The highest BCUT2D eigenvalue weighted by Gasteiger charge is 2.15. The molecule has 0 aliphatic carbocycles. The van der Waals surface area contributed by atoms with Crippen LogP contribution in [0.15, 0.2) is 9.27 Å². The van der Waals surface area contributed by atoms with E-state index in [-0.39, 0.29) is 5.56 Å². The molecule has 100 valence electrons. The lowest BCUT2D eigenvalue weighted by Gasteiger charge is -2.21. The van der Waals surface area contributed by atoms with E-state index in [1.807, 2.05) is 0 Å². The Morgan fingerprint density at radius 3 is 2.56 bits per heavy atom. The highest BCUT2D eigenvalue weighted by Crippen LogP contribution is 2.18. The number of halogens is 1. The number of aromatic nitrogens is 2. The normalized spacial score (nSPS) is 16.7. The summed E-state index contributed by atoms with van der Waals surface area (Å²) >= 11 is 3.33. The lowest BCUT2D eigenvalue weighted by Crippen LogP contribution is -2.29. The predicted octanol–water partition coefficient (Wildman–Crippen LogP) is 2.87.